The van der Waals surface area contributed by atoms with E-state index in [1.807, 2.05) is 37.4 Å². The number of methoxy groups -OCH3 is 1. The van der Waals surface area contributed by atoms with E-state index in [2.05, 4.69) is 16.2 Å². The van der Waals surface area contributed by atoms with Crippen molar-refractivity contribution in [2.24, 2.45) is 0 Å². The molecule has 3 N–H and O–H groups in total. The van der Waals surface area contributed by atoms with E-state index < -0.39 is 0 Å². The molecule has 3 rings (SSSR count). The van der Waals surface area contributed by atoms with Crippen LogP contribution in [0.4, 0.5) is 10.8 Å². The summed E-state index contributed by atoms with van der Waals surface area (Å²) in [5.41, 5.74) is 6.80. The highest BCUT2D eigenvalue weighted by Gasteiger charge is 2.20. The normalized spacial score (nSPS) is 11.8. The molecule has 1 unspecified atom stereocenters. The maximum absolute atomic E-state index is 9.65. The Bertz CT molecular complexity index is 880. The van der Waals surface area contributed by atoms with Crippen LogP contribution in [0.5, 0.6) is 11.5 Å². The molecule has 27 heavy (non-hydrogen) atoms. The zero-order valence-electron chi connectivity index (χ0n) is 15.5. The van der Waals surface area contributed by atoms with Crippen molar-refractivity contribution in [1.82, 2.24) is 4.98 Å². The third-order valence-corrected chi connectivity index (χ3v) is 5.19. The summed E-state index contributed by atoms with van der Waals surface area (Å²) in [7, 11) is 5.11. The van der Waals surface area contributed by atoms with Crippen LogP contribution in [0.2, 0.25) is 0 Å². The number of aromatic hydroxyl groups is 1. The first-order chi connectivity index (χ1) is 13.1. The summed E-state index contributed by atoms with van der Waals surface area (Å²) in [5, 5.41) is 15.7. The van der Waals surface area contributed by atoms with Crippen molar-refractivity contribution in [3.8, 4) is 11.5 Å². The van der Waals surface area contributed by atoms with Gasteiger partial charge in [-0.25, -0.2) is 4.98 Å². The molecule has 1 aromatic heterocycles. The summed E-state index contributed by atoms with van der Waals surface area (Å²) >= 11 is 1.57. The monoisotopic (exact) mass is 385 g/mol. The van der Waals surface area contributed by atoms with Gasteiger partial charge in [-0.05, 0) is 47.9 Å². The summed E-state index contributed by atoms with van der Waals surface area (Å²) in [5.74, 6) is 1.08. The SMILES string of the molecule is CNc1nc(C(Cc2cc(NOC)ccc2OC)c2ccc(O)cc2)cs1. The fraction of sp³-hybridized carbons (Fsp3) is 0.250. The fourth-order valence-corrected chi connectivity index (χ4v) is 3.73. The van der Waals surface area contributed by atoms with E-state index in [9.17, 15) is 5.11 Å². The molecule has 0 fully saturated rings. The maximum Gasteiger partial charge on any atom is 0.182 e. The number of anilines is 2. The van der Waals surface area contributed by atoms with E-state index in [-0.39, 0.29) is 11.7 Å². The van der Waals surface area contributed by atoms with Crippen LogP contribution >= 0.6 is 11.3 Å². The molecule has 1 heterocycles. The minimum absolute atomic E-state index is 0.0237. The second kappa shape index (κ2) is 8.75. The van der Waals surface area contributed by atoms with Gasteiger partial charge in [-0.15, -0.1) is 11.3 Å². The smallest absolute Gasteiger partial charge is 0.182 e. The molecule has 2 aromatic carbocycles. The second-order valence-electron chi connectivity index (χ2n) is 6.01. The molecule has 6 nitrogen and oxygen atoms in total. The fourth-order valence-electron chi connectivity index (χ4n) is 3.00. The molecule has 142 valence electrons. The van der Waals surface area contributed by atoms with Crippen LogP contribution in [0.3, 0.4) is 0 Å². The van der Waals surface area contributed by atoms with Crippen LogP contribution in [0.25, 0.3) is 0 Å². The van der Waals surface area contributed by atoms with Gasteiger partial charge in [0.2, 0.25) is 0 Å². The topological polar surface area (TPSA) is 75.6 Å². The quantitative estimate of drug-likeness (QED) is 0.504. The van der Waals surface area contributed by atoms with Gasteiger partial charge in [0.25, 0.3) is 0 Å². The van der Waals surface area contributed by atoms with Crippen molar-refractivity contribution in [3.63, 3.8) is 0 Å². The minimum Gasteiger partial charge on any atom is -0.508 e. The Hall–Kier alpha value is -2.77. The molecule has 0 spiro atoms. The number of benzene rings is 2. The summed E-state index contributed by atoms with van der Waals surface area (Å²) in [6.07, 6.45) is 0.695. The van der Waals surface area contributed by atoms with Gasteiger partial charge < -0.3 is 15.2 Å². The lowest BCUT2D eigenvalue weighted by Gasteiger charge is -2.18. The Morgan fingerprint density at radius 1 is 1.15 bits per heavy atom. The lowest BCUT2D eigenvalue weighted by atomic mass is 9.89. The summed E-state index contributed by atoms with van der Waals surface area (Å²) < 4.78 is 5.56. The molecule has 0 saturated heterocycles. The molecular formula is C20H23N3O3S. The van der Waals surface area contributed by atoms with E-state index in [4.69, 9.17) is 14.6 Å². The summed E-state index contributed by atoms with van der Waals surface area (Å²) in [6.45, 7) is 0. The molecule has 1 atom stereocenters. The number of thiazole rings is 1. The van der Waals surface area contributed by atoms with E-state index in [1.165, 1.54) is 0 Å². The lowest BCUT2D eigenvalue weighted by molar-refractivity contribution is 0.271. The highest BCUT2D eigenvalue weighted by atomic mass is 32.1. The average molecular weight is 385 g/mol. The van der Waals surface area contributed by atoms with Crippen LogP contribution in [0.1, 0.15) is 22.7 Å². The molecule has 0 aliphatic carbocycles. The molecule has 0 saturated carbocycles. The third-order valence-electron chi connectivity index (χ3n) is 4.31. The van der Waals surface area contributed by atoms with Crippen LogP contribution in [0.15, 0.2) is 47.8 Å². The van der Waals surface area contributed by atoms with Gasteiger partial charge in [0.15, 0.2) is 5.13 Å². The molecule has 0 bridgehead atoms. The number of nitrogens with one attached hydrogen (secondary N) is 2. The van der Waals surface area contributed by atoms with Crippen molar-refractivity contribution in [1.29, 1.82) is 0 Å². The summed E-state index contributed by atoms with van der Waals surface area (Å²) in [6, 6.07) is 13.1. The van der Waals surface area contributed by atoms with Crippen molar-refractivity contribution in [3.05, 3.63) is 64.7 Å². The molecule has 0 amide bonds. The van der Waals surface area contributed by atoms with Crippen LogP contribution in [-0.4, -0.2) is 31.4 Å². The van der Waals surface area contributed by atoms with E-state index in [0.29, 0.717) is 6.42 Å². The zero-order chi connectivity index (χ0) is 19.2. The number of hydrogen-bond acceptors (Lipinski definition) is 7. The number of phenols is 1. The van der Waals surface area contributed by atoms with Gasteiger partial charge in [0.05, 0.1) is 25.6 Å². The van der Waals surface area contributed by atoms with Crippen LogP contribution < -0.4 is 15.5 Å². The Morgan fingerprint density at radius 2 is 1.93 bits per heavy atom. The van der Waals surface area contributed by atoms with Gasteiger partial charge in [-0.2, -0.15) is 0 Å². The van der Waals surface area contributed by atoms with Gasteiger partial charge in [0.1, 0.15) is 11.5 Å². The molecule has 0 aliphatic heterocycles. The molecular weight excluding hydrogens is 362 g/mol. The van der Waals surface area contributed by atoms with E-state index >= 15 is 0 Å². The minimum atomic E-state index is 0.0237. The first-order valence-corrected chi connectivity index (χ1v) is 9.40. The van der Waals surface area contributed by atoms with E-state index in [0.717, 1.165) is 33.4 Å². The second-order valence-corrected chi connectivity index (χ2v) is 6.87. The highest BCUT2D eigenvalue weighted by Crippen LogP contribution is 2.35. The number of hydrogen-bond donors (Lipinski definition) is 3. The van der Waals surface area contributed by atoms with Gasteiger partial charge >= 0.3 is 0 Å². The van der Waals surface area contributed by atoms with Crippen LogP contribution in [-0.2, 0) is 11.3 Å². The first kappa shape index (κ1) is 19.0. The Morgan fingerprint density at radius 3 is 2.56 bits per heavy atom. The van der Waals surface area contributed by atoms with Crippen molar-refractivity contribution in [2.75, 3.05) is 32.1 Å². The lowest BCUT2D eigenvalue weighted by Crippen LogP contribution is -2.08. The number of phenolic OH excluding ortho intramolecular Hbond substituents is 1. The van der Waals surface area contributed by atoms with Crippen molar-refractivity contribution in [2.45, 2.75) is 12.3 Å². The van der Waals surface area contributed by atoms with Crippen molar-refractivity contribution < 1.29 is 14.7 Å². The number of nitrogens with zero attached hydrogens (tertiary/aromatic N) is 1. The number of ether oxygens (including phenoxy) is 1. The molecule has 0 aliphatic rings. The zero-order valence-corrected chi connectivity index (χ0v) is 16.3. The van der Waals surface area contributed by atoms with E-state index in [1.54, 1.807) is 37.7 Å². The Kier molecular flexibility index (Phi) is 6.16. The van der Waals surface area contributed by atoms with Crippen LogP contribution in [0, 0.1) is 0 Å². The Balaban J connectivity index is 2.00. The van der Waals surface area contributed by atoms with Crippen molar-refractivity contribution >= 4 is 22.2 Å². The largest absolute Gasteiger partial charge is 0.508 e. The summed E-state index contributed by atoms with van der Waals surface area (Å²) in [4.78, 5) is 9.73. The molecule has 7 heteroatoms. The van der Waals surface area contributed by atoms with Gasteiger partial charge in [0, 0.05) is 18.3 Å². The number of rotatable bonds is 8. The highest BCUT2D eigenvalue weighted by molar-refractivity contribution is 7.13. The Labute approximate surface area is 162 Å². The standard InChI is InChI=1S/C20H23N3O3S/c1-21-20-22-18(12-27-20)17(13-4-7-16(24)8-5-13)11-14-10-15(23-26-3)6-9-19(14)25-2/h4-10,12,17,23-24H,11H2,1-3H3,(H,21,22). The van der Waals surface area contributed by atoms with Gasteiger partial charge in [-0.3, -0.25) is 10.3 Å². The number of aromatic nitrogens is 1. The molecule has 3 aromatic rings. The van der Waals surface area contributed by atoms with Gasteiger partial charge in [-0.1, -0.05) is 12.1 Å². The predicted octanol–water partition coefficient (Wildman–Crippen LogP) is 4.25. The average Bonchev–Trinajstić information content (AvgIpc) is 3.16. The molecule has 0 radical (unpaired) electrons. The first-order valence-electron chi connectivity index (χ1n) is 8.52. The third kappa shape index (κ3) is 4.50. The predicted molar refractivity (Wildman–Crippen MR) is 109 cm³/mol. The maximum atomic E-state index is 9.65.